The smallest absolute Gasteiger partial charge is 0.227 e. The number of carbonyl (C=O) groups is 1. The van der Waals surface area contributed by atoms with Crippen LogP contribution in [-0.4, -0.2) is 25.1 Å². The van der Waals surface area contributed by atoms with Crippen LogP contribution in [0, 0.1) is 5.92 Å². The minimum Gasteiger partial charge on any atom is -0.377 e. The Bertz CT molecular complexity index is 448. The van der Waals surface area contributed by atoms with Crippen LogP contribution >= 0.6 is 0 Å². The number of rotatable bonds is 5. The zero-order chi connectivity index (χ0) is 14.4. The molecule has 1 saturated heterocycles. The third-order valence-electron chi connectivity index (χ3n) is 3.66. The number of ether oxygens (including phenoxy) is 1. The topological polar surface area (TPSA) is 50.4 Å². The highest BCUT2D eigenvalue weighted by molar-refractivity contribution is 5.92. The molecule has 2 atom stereocenters. The lowest BCUT2D eigenvalue weighted by molar-refractivity contribution is -0.120. The third kappa shape index (κ3) is 4.32. The summed E-state index contributed by atoms with van der Waals surface area (Å²) in [6.07, 6.45) is 1.82. The maximum atomic E-state index is 12.3. The van der Waals surface area contributed by atoms with Crippen molar-refractivity contribution in [3.05, 3.63) is 29.8 Å². The van der Waals surface area contributed by atoms with E-state index < -0.39 is 0 Å². The van der Waals surface area contributed by atoms with Gasteiger partial charge in [0.2, 0.25) is 5.91 Å². The number of amides is 1. The molecule has 0 bridgehead atoms. The number of hydrogen-bond donors (Lipinski definition) is 2. The molecule has 4 nitrogen and oxygen atoms in total. The summed E-state index contributed by atoms with van der Waals surface area (Å²) in [6, 6.07) is 8.30. The van der Waals surface area contributed by atoms with Crippen molar-refractivity contribution in [2.45, 2.75) is 39.3 Å². The first-order valence-corrected chi connectivity index (χ1v) is 7.40. The molecule has 1 heterocycles. The summed E-state index contributed by atoms with van der Waals surface area (Å²) in [5.74, 6) is 0.244. The first-order valence-electron chi connectivity index (χ1n) is 7.40. The Morgan fingerprint density at radius 2 is 2.35 bits per heavy atom. The third-order valence-corrected chi connectivity index (χ3v) is 3.66. The second-order valence-electron chi connectivity index (χ2n) is 5.40. The fraction of sp³-hybridized carbons (Fsp3) is 0.562. The Kier molecular flexibility index (Phi) is 5.56. The highest BCUT2D eigenvalue weighted by Gasteiger charge is 2.24. The van der Waals surface area contributed by atoms with Gasteiger partial charge >= 0.3 is 0 Å². The van der Waals surface area contributed by atoms with Gasteiger partial charge in [0.05, 0.1) is 6.61 Å². The van der Waals surface area contributed by atoms with Crippen LogP contribution in [0.15, 0.2) is 24.3 Å². The lowest BCUT2D eigenvalue weighted by atomic mass is 9.92. The van der Waals surface area contributed by atoms with Crippen molar-refractivity contribution in [2.24, 2.45) is 5.92 Å². The molecule has 20 heavy (non-hydrogen) atoms. The summed E-state index contributed by atoms with van der Waals surface area (Å²) < 4.78 is 5.39. The monoisotopic (exact) mass is 276 g/mol. The summed E-state index contributed by atoms with van der Waals surface area (Å²) >= 11 is 0. The van der Waals surface area contributed by atoms with Crippen LogP contribution in [0.2, 0.25) is 0 Å². The average molecular weight is 276 g/mol. The van der Waals surface area contributed by atoms with Gasteiger partial charge in [-0.05, 0) is 50.9 Å². The fourth-order valence-electron chi connectivity index (χ4n) is 2.57. The van der Waals surface area contributed by atoms with Crippen molar-refractivity contribution in [3.8, 4) is 0 Å². The molecule has 0 spiro atoms. The maximum Gasteiger partial charge on any atom is 0.227 e. The molecule has 0 aromatic heterocycles. The van der Waals surface area contributed by atoms with Crippen LogP contribution in [0.1, 0.15) is 32.3 Å². The van der Waals surface area contributed by atoms with Gasteiger partial charge in [-0.25, -0.2) is 0 Å². The lowest BCUT2D eigenvalue weighted by Crippen LogP contribution is -2.40. The van der Waals surface area contributed by atoms with Crippen molar-refractivity contribution in [1.29, 1.82) is 0 Å². The van der Waals surface area contributed by atoms with Crippen LogP contribution in [0.5, 0.6) is 0 Å². The molecule has 0 radical (unpaired) electrons. The van der Waals surface area contributed by atoms with E-state index >= 15 is 0 Å². The van der Waals surface area contributed by atoms with Crippen LogP contribution in [0.3, 0.4) is 0 Å². The van der Waals surface area contributed by atoms with Crippen molar-refractivity contribution in [2.75, 3.05) is 18.5 Å². The zero-order valence-electron chi connectivity index (χ0n) is 12.3. The van der Waals surface area contributed by atoms with Gasteiger partial charge in [0.1, 0.15) is 0 Å². The SMILES string of the molecule is CCOCc1cccc(NC(=O)[C@H]2CCN[C@@H](C)C2)c1. The van der Waals surface area contributed by atoms with Gasteiger partial charge in [0, 0.05) is 24.3 Å². The minimum atomic E-state index is 0.113. The summed E-state index contributed by atoms with van der Waals surface area (Å²) in [5.41, 5.74) is 1.95. The number of anilines is 1. The quantitative estimate of drug-likeness (QED) is 0.869. The van der Waals surface area contributed by atoms with Crippen molar-refractivity contribution >= 4 is 11.6 Å². The van der Waals surface area contributed by atoms with Gasteiger partial charge in [-0.15, -0.1) is 0 Å². The molecule has 1 fully saturated rings. The normalized spacial score (nSPS) is 22.5. The second kappa shape index (κ2) is 7.41. The van der Waals surface area contributed by atoms with E-state index in [-0.39, 0.29) is 11.8 Å². The van der Waals surface area contributed by atoms with E-state index in [2.05, 4.69) is 17.6 Å². The van der Waals surface area contributed by atoms with E-state index in [1.54, 1.807) is 0 Å². The summed E-state index contributed by atoms with van der Waals surface area (Å²) in [7, 11) is 0. The maximum absolute atomic E-state index is 12.3. The number of benzene rings is 1. The Morgan fingerprint density at radius 1 is 1.50 bits per heavy atom. The highest BCUT2D eigenvalue weighted by Crippen LogP contribution is 2.19. The molecule has 2 N–H and O–H groups in total. The molecule has 0 aliphatic carbocycles. The molecule has 4 heteroatoms. The molecule has 0 saturated carbocycles. The predicted octanol–water partition coefficient (Wildman–Crippen LogP) is 2.55. The number of piperidine rings is 1. The summed E-state index contributed by atoms with van der Waals surface area (Å²) in [6.45, 7) is 6.31. The first-order chi connectivity index (χ1) is 9.69. The fourth-order valence-corrected chi connectivity index (χ4v) is 2.57. The molecule has 1 aliphatic heterocycles. The molecule has 110 valence electrons. The van der Waals surface area contributed by atoms with Gasteiger partial charge in [-0.1, -0.05) is 12.1 Å². The van der Waals surface area contributed by atoms with E-state index in [9.17, 15) is 4.79 Å². The number of carbonyl (C=O) groups excluding carboxylic acids is 1. The standard InChI is InChI=1S/C16H24N2O2/c1-3-20-11-13-5-4-6-15(10-13)18-16(19)14-7-8-17-12(2)9-14/h4-6,10,12,14,17H,3,7-9,11H2,1-2H3,(H,18,19)/t12-,14-/m0/s1. The van der Waals surface area contributed by atoms with Crippen LogP contribution in [-0.2, 0) is 16.1 Å². The average Bonchev–Trinajstić information content (AvgIpc) is 2.45. The minimum absolute atomic E-state index is 0.113. The van der Waals surface area contributed by atoms with Gasteiger partial charge in [0.15, 0.2) is 0 Å². The number of hydrogen-bond acceptors (Lipinski definition) is 3. The van der Waals surface area contributed by atoms with Crippen LogP contribution < -0.4 is 10.6 Å². The summed E-state index contributed by atoms with van der Waals surface area (Å²) in [4.78, 5) is 12.3. The molecule has 1 aliphatic rings. The van der Waals surface area contributed by atoms with Crippen molar-refractivity contribution < 1.29 is 9.53 Å². The molecule has 1 aromatic carbocycles. The second-order valence-corrected chi connectivity index (χ2v) is 5.40. The van der Waals surface area contributed by atoms with E-state index in [1.165, 1.54) is 0 Å². The predicted molar refractivity (Wildman–Crippen MR) is 80.6 cm³/mol. The highest BCUT2D eigenvalue weighted by atomic mass is 16.5. The Morgan fingerprint density at radius 3 is 3.10 bits per heavy atom. The first kappa shape index (κ1) is 15.0. The van der Waals surface area contributed by atoms with Gasteiger partial charge in [-0.2, -0.15) is 0 Å². The largest absolute Gasteiger partial charge is 0.377 e. The summed E-state index contributed by atoms with van der Waals surface area (Å²) in [5, 5.41) is 6.39. The molecule has 1 amide bonds. The number of nitrogens with one attached hydrogen (secondary N) is 2. The van der Waals surface area contributed by atoms with E-state index in [0.717, 1.165) is 30.6 Å². The van der Waals surface area contributed by atoms with Crippen molar-refractivity contribution in [3.63, 3.8) is 0 Å². The lowest BCUT2D eigenvalue weighted by Gasteiger charge is -2.27. The van der Waals surface area contributed by atoms with Crippen LogP contribution in [0.25, 0.3) is 0 Å². The molecule has 1 aromatic rings. The van der Waals surface area contributed by atoms with E-state index in [4.69, 9.17) is 4.74 Å². The van der Waals surface area contributed by atoms with Gasteiger partial charge < -0.3 is 15.4 Å². The van der Waals surface area contributed by atoms with Crippen molar-refractivity contribution in [1.82, 2.24) is 5.32 Å². The van der Waals surface area contributed by atoms with Gasteiger partial charge in [-0.3, -0.25) is 4.79 Å². The Balaban J connectivity index is 1.93. The molecule has 2 rings (SSSR count). The molecular weight excluding hydrogens is 252 g/mol. The zero-order valence-corrected chi connectivity index (χ0v) is 12.3. The molecular formula is C16H24N2O2. The molecule has 0 unspecified atom stereocenters. The van der Waals surface area contributed by atoms with Crippen LogP contribution in [0.4, 0.5) is 5.69 Å². The Labute approximate surface area is 120 Å². The Hall–Kier alpha value is -1.39. The van der Waals surface area contributed by atoms with E-state index in [1.807, 2.05) is 31.2 Å². The van der Waals surface area contributed by atoms with Gasteiger partial charge in [0.25, 0.3) is 0 Å². The van der Waals surface area contributed by atoms with E-state index in [0.29, 0.717) is 19.3 Å².